The fraction of sp³-hybridized carbons (Fsp3) is 0.200. The van der Waals surface area contributed by atoms with Crippen molar-refractivity contribution in [1.29, 1.82) is 0 Å². The second-order valence-electron chi connectivity index (χ2n) is 3.33. The van der Waals surface area contributed by atoms with Crippen molar-refractivity contribution >= 4 is 45.7 Å². The zero-order valence-corrected chi connectivity index (χ0v) is 11.1. The Morgan fingerprint density at radius 3 is 2.62 bits per heavy atom. The first-order valence-corrected chi connectivity index (χ1v) is 6.52. The van der Waals surface area contributed by atoms with Crippen LogP contribution in [-0.2, 0) is 0 Å². The number of thiazole rings is 1. The molecule has 0 amide bonds. The van der Waals surface area contributed by atoms with Crippen LogP contribution in [0.3, 0.4) is 0 Å². The van der Waals surface area contributed by atoms with Crippen molar-refractivity contribution in [3.05, 3.63) is 21.3 Å². The zero-order valence-electron chi connectivity index (χ0n) is 8.73. The van der Waals surface area contributed by atoms with E-state index in [4.69, 9.17) is 11.6 Å². The third-order valence-corrected chi connectivity index (χ3v) is 4.32. The summed E-state index contributed by atoms with van der Waals surface area (Å²) in [5.41, 5.74) is 0.723. The molecule has 2 aromatic rings. The summed E-state index contributed by atoms with van der Waals surface area (Å²) in [6, 6.07) is 3.69. The van der Waals surface area contributed by atoms with E-state index in [0.717, 1.165) is 22.0 Å². The Morgan fingerprint density at radius 2 is 2.12 bits per heavy atom. The van der Waals surface area contributed by atoms with Crippen LogP contribution in [0.25, 0.3) is 10.6 Å². The smallest absolute Gasteiger partial charge is 0.186 e. The fourth-order valence-electron chi connectivity index (χ4n) is 1.21. The summed E-state index contributed by atoms with van der Waals surface area (Å²) < 4.78 is 0.700. The summed E-state index contributed by atoms with van der Waals surface area (Å²) in [7, 11) is 3.80. The fourth-order valence-corrected chi connectivity index (χ4v) is 3.14. The first-order chi connectivity index (χ1) is 7.61. The van der Waals surface area contributed by atoms with E-state index in [2.05, 4.69) is 4.98 Å². The number of halogens is 1. The molecule has 0 aromatic carbocycles. The van der Waals surface area contributed by atoms with E-state index in [1.807, 2.05) is 31.1 Å². The molecule has 0 aliphatic heterocycles. The van der Waals surface area contributed by atoms with Gasteiger partial charge in [0.25, 0.3) is 0 Å². The van der Waals surface area contributed by atoms with E-state index >= 15 is 0 Å². The Bertz CT molecular complexity index is 519. The summed E-state index contributed by atoms with van der Waals surface area (Å²) in [6.07, 6.45) is 0.841. The molecule has 0 aliphatic carbocycles. The Labute approximate surface area is 106 Å². The maximum absolute atomic E-state index is 11.0. The summed E-state index contributed by atoms with van der Waals surface area (Å²) in [6.45, 7) is 0. The molecule has 0 fully saturated rings. The van der Waals surface area contributed by atoms with Gasteiger partial charge in [-0.05, 0) is 12.1 Å². The van der Waals surface area contributed by atoms with Crippen LogP contribution in [0.1, 0.15) is 9.67 Å². The summed E-state index contributed by atoms with van der Waals surface area (Å²) >= 11 is 8.68. The number of aldehydes is 1. The van der Waals surface area contributed by atoms with Crippen molar-refractivity contribution in [3.8, 4) is 10.6 Å². The lowest BCUT2D eigenvalue weighted by Gasteiger charge is -2.05. The average molecular weight is 273 g/mol. The number of hydrogen-bond acceptors (Lipinski definition) is 5. The average Bonchev–Trinajstić information content (AvgIpc) is 2.82. The highest BCUT2D eigenvalue weighted by molar-refractivity contribution is 7.21. The first-order valence-electron chi connectivity index (χ1n) is 4.51. The topological polar surface area (TPSA) is 33.2 Å². The normalized spacial score (nSPS) is 10.4. The second-order valence-corrected chi connectivity index (χ2v) is 6.05. The van der Waals surface area contributed by atoms with Gasteiger partial charge in [0.2, 0.25) is 0 Å². The van der Waals surface area contributed by atoms with Gasteiger partial charge in [-0.25, -0.2) is 4.98 Å². The van der Waals surface area contributed by atoms with E-state index in [0.29, 0.717) is 9.21 Å². The monoisotopic (exact) mass is 272 g/mol. The van der Waals surface area contributed by atoms with Crippen molar-refractivity contribution in [3.63, 3.8) is 0 Å². The SMILES string of the molecule is CN(C)c1nc(-c2ccc(Cl)s2)c(C=O)s1. The number of nitrogens with zero attached hydrogens (tertiary/aromatic N) is 2. The van der Waals surface area contributed by atoms with Gasteiger partial charge in [-0.2, -0.15) is 0 Å². The molecule has 0 spiro atoms. The minimum atomic E-state index is 0.641. The molecule has 0 saturated heterocycles. The highest BCUT2D eigenvalue weighted by atomic mass is 35.5. The molecule has 2 rings (SSSR count). The standard InChI is InChI=1S/C10H9ClN2OS2/c1-13(2)10-12-9(7(5-14)16-10)6-3-4-8(11)15-6/h3-5H,1-2H3. The molecule has 0 atom stereocenters. The number of carbonyl (C=O) groups is 1. The van der Waals surface area contributed by atoms with Crippen LogP contribution in [0.5, 0.6) is 0 Å². The lowest BCUT2D eigenvalue weighted by Crippen LogP contribution is -2.07. The van der Waals surface area contributed by atoms with Crippen molar-refractivity contribution < 1.29 is 4.79 Å². The molecule has 3 nitrogen and oxygen atoms in total. The molecule has 0 saturated carbocycles. The minimum Gasteiger partial charge on any atom is -0.354 e. The lowest BCUT2D eigenvalue weighted by molar-refractivity contribution is 0.112. The maximum Gasteiger partial charge on any atom is 0.186 e. The Kier molecular flexibility index (Phi) is 3.28. The minimum absolute atomic E-state index is 0.641. The van der Waals surface area contributed by atoms with E-state index in [1.165, 1.54) is 22.7 Å². The number of thiophene rings is 1. The molecule has 0 radical (unpaired) electrons. The summed E-state index contributed by atoms with van der Waals surface area (Å²) in [4.78, 5) is 18.8. The zero-order chi connectivity index (χ0) is 11.7. The molecule has 6 heteroatoms. The van der Waals surface area contributed by atoms with Gasteiger partial charge < -0.3 is 4.90 Å². The quantitative estimate of drug-likeness (QED) is 0.803. The van der Waals surface area contributed by atoms with Crippen molar-refractivity contribution in [1.82, 2.24) is 4.98 Å². The number of hydrogen-bond donors (Lipinski definition) is 0. The first kappa shape index (κ1) is 11.6. The van der Waals surface area contributed by atoms with Crippen LogP contribution in [0.15, 0.2) is 12.1 Å². The van der Waals surface area contributed by atoms with Gasteiger partial charge >= 0.3 is 0 Å². The molecule has 2 aromatic heterocycles. The largest absolute Gasteiger partial charge is 0.354 e. The molecule has 84 valence electrons. The van der Waals surface area contributed by atoms with Gasteiger partial charge in [-0.3, -0.25) is 4.79 Å². The number of carbonyl (C=O) groups excluding carboxylic acids is 1. The van der Waals surface area contributed by atoms with Crippen LogP contribution in [0, 0.1) is 0 Å². The second kappa shape index (κ2) is 4.53. The van der Waals surface area contributed by atoms with Crippen LogP contribution in [0.2, 0.25) is 4.34 Å². The van der Waals surface area contributed by atoms with Crippen LogP contribution in [0.4, 0.5) is 5.13 Å². The lowest BCUT2D eigenvalue weighted by atomic mass is 10.3. The van der Waals surface area contributed by atoms with E-state index in [1.54, 1.807) is 0 Å². The van der Waals surface area contributed by atoms with Crippen molar-refractivity contribution in [2.75, 3.05) is 19.0 Å². The predicted octanol–water partition coefficient (Wildman–Crippen LogP) is 3.40. The summed E-state index contributed by atoms with van der Waals surface area (Å²) in [5.74, 6) is 0. The highest BCUT2D eigenvalue weighted by Gasteiger charge is 2.15. The van der Waals surface area contributed by atoms with Gasteiger partial charge in [0.1, 0.15) is 5.69 Å². The van der Waals surface area contributed by atoms with Gasteiger partial charge in [-0.1, -0.05) is 22.9 Å². The molecular formula is C10H9ClN2OS2. The molecule has 0 N–H and O–H groups in total. The predicted molar refractivity (Wildman–Crippen MR) is 70.2 cm³/mol. The van der Waals surface area contributed by atoms with E-state index < -0.39 is 0 Å². The maximum atomic E-state index is 11.0. The van der Waals surface area contributed by atoms with E-state index in [9.17, 15) is 4.79 Å². The van der Waals surface area contributed by atoms with Gasteiger partial charge in [-0.15, -0.1) is 11.3 Å². The molecule has 2 heterocycles. The molecule has 0 aliphatic rings. The third kappa shape index (κ3) is 2.11. The van der Waals surface area contributed by atoms with Crippen LogP contribution in [-0.4, -0.2) is 25.4 Å². The summed E-state index contributed by atoms with van der Waals surface area (Å²) in [5, 5.41) is 0.821. The Balaban J connectivity index is 2.51. The van der Waals surface area contributed by atoms with Gasteiger partial charge in [0.15, 0.2) is 11.4 Å². The Morgan fingerprint density at radius 1 is 1.38 bits per heavy atom. The third-order valence-electron chi connectivity index (χ3n) is 1.94. The van der Waals surface area contributed by atoms with Crippen molar-refractivity contribution in [2.24, 2.45) is 0 Å². The number of anilines is 1. The molecule has 16 heavy (non-hydrogen) atoms. The Hall–Kier alpha value is -0.910. The molecule has 0 unspecified atom stereocenters. The number of rotatable bonds is 3. The highest BCUT2D eigenvalue weighted by Crippen LogP contribution is 2.36. The molecule has 0 bridgehead atoms. The van der Waals surface area contributed by atoms with Crippen LogP contribution >= 0.6 is 34.3 Å². The van der Waals surface area contributed by atoms with Crippen LogP contribution < -0.4 is 4.90 Å². The van der Waals surface area contributed by atoms with Gasteiger partial charge in [0.05, 0.1) is 14.1 Å². The van der Waals surface area contributed by atoms with Gasteiger partial charge in [0, 0.05) is 14.1 Å². The van der Waals surface area contributed by atoms with Crippen molar-refractivity contribution in [2.45, 2.75) is 0 Å². The van der Waals surface area contributed by atoms with E-state index in [-0.39, 0.29) is 0 Å². The number of aromatic nitrogens is 1. The molecular weight excluding hydrogens is 264 g/mol.